The number of hydrogen-bond donors (Lipinski definition) is 1. The third-order valence-corrected chi connectivity index (χ3v) is 4.35. The molecule has 0 heterocycles. The highest BCUT2D eigenvalue weighted by molar-refractivity contribution is 8.01. The molecule has 0 fully saturated rings. The standard InChI is InChI=1S/C18H29NO3S/c1-7-21-15-10-9-14(11-16(15)22-8-2)13(3)19-17(20)12-23-18(4,5)6/h9-11,13H,7-8,12H2,1-6H3,(H,19,20). The summed E-state index contributed by atoms with van der Waals surface area (Å²) < 4.78 is 11.3. The molecule has 0 aliphatic carbocycles. The number of amides is 1. The van der Waals surface area contributed by atoms with Gasteiger partial charge >= 0.3 is 0 Å². The summed E-state index contributed by atoms with van der Waals surface area (Å²) in [7, 11) is 0. The Labute approximate surface area is 144 Å². The smallest absolute Gasteiger partial charge is 0.230 e. The van der Waals surface area contributed by atoms with Gasteiger partial charge in [-0.3, -0.25) is 4.79 Å². The summed E-state index contributed by atoms with van der Waals surface area (Å²) in [4.78, 5) is 12.1. The van der Waals surface area contributed by atoms with E-state index in [2.05, 4.69) is 26.1 Å². The fourth-order valence-corrected chi connectivity index (χ4v) is 2.63. The van der Waals surface area contributed by atoms with E-state index in [0.717, 1.165) is 17.1 Å². The lowest BCUT2D eigenvalue weighted by molar-refractivity contribution is -0.119. The zero-order valence-electron chi connectivity index (χ0n) is 15.1. The molecule has 5 heteroatoms. The Balaban J connectivity index is 2.73. The maximum atomic E-state index is 12.1. The number of carbonyl (C=O) groups excluding carboxylic acids is 1. The number of carbonyl (C=O) groups is 1. The highest BCUT2D eigenvalue weighted by Crippen LogP contribution is 2.31. The normalized spacial score (nSPS) is 12.6. The van der Waals surface area contributed by atoms with Crippen LogP contribution in [-0.4, -0.2) is 29.6 Å². The Bertz CT molecular complexity index is 511. The van der Waals surface area contributed by atoms with Crippen molar-refractivity contribution in [3.8, 4) is 11.5 Å². The van der Waals surface area contributed by atoms with Crippen molar-refractivity contribution < 1.29 is 14.3 Å². The first-order chi connectivity index (χ1) is 10.8. The average molecular weight is 340 g/mol. The highest BCUT2D eigenvalue weighted by Gasteiger charge is 2.16. The molecular weight excluding hydrogens is 310 g/mol. The van der Waals surface area contributed by atoms with Gasteiger partial charge in [-0.15, -0.1) is 11.8 Å². The number of thioether (sulfide) groups is 1. The quantitative estimate of drug-likeness (QED) is 0.771. The molecule has 0 saturated carbocycles. The number of hydrogen-bond acceptors (Lipinski definition) is 4. The molecule has 130 valence electrons. The Hall–Kier alpha value is -1.36. The molecule has 1 aromatic rings. The van der Waals surface area contributed by atoms with Gasteiger partial charge in [0.2, 0.25) is 5.91 Å². The summed E-state index contributed by atoms with van der Waals surface area (Å²) in [5.74, 6) is 1.96. The first-order valence-corrected chi connectivity index (χ1v) is 9.08. The summed E-state index contributed by atoms with van der Waals surface area (Å²) in [6.45, 7) is 13.4. The van der Waals surface area contributed by atoms with E-state index in [1.807, 2.05) is 39.0 Å². The topological polar surface area (TPSA) is 47.6 Å². The summed E-state index contributed by atoms with van der Waals surface area (Å²) in [5, 5.41) is 3.03. The van der Waals surface area contributed by atoms with Crippen molar-refractivity contribution in [3.63, 3.8) is 0 Å². The maximum Gasteiger partial charge on any atom is 0.230 e. The van der Waals surface area contributed by atoms with Gasteiger partial charge in [-0.2, -0.15) is 0 Å². The molecule has 1 amide bonds. The van der Waals surface area contributed by atoms with E-state index >= 15 is 0 Å². The van der Waals surface area contributed by atoms with Crippen LogP contribution in [0.3, 0.4) is 0 Å². The summed E-state index contributed by atoms with van der Waals surface area (Å²) in [6, 6.07) is 5.74. The van der Waals surface area contributed by atoms with Crippen molar-refractivity contribution >= 4 is 17.7 Å². The van der Waals surface area contributed by atoms with Gasteiger partial charge < -0.3 is 14.8 Å². The molecule has 4 nitrogen and oxygen atoms in total. The summed E-state index contributed by atoms with van der Waals surface area (Å²) in [5.41, 5.74) is 1.01. The number of ether oxygens (including phenoxy) is 2. The fourth-order valence-electron chi connectivity index (χ4n) is 1.99. The van der Waals surface area contributed by atoms with Gasteiger partial charge in [0.25, 0.3) is 0 Å². The molecule has 1 rings (SSSR count). The van der Waals surface area contributed by atoms with Crippen molar-refractivity contribution in [1.29, 1.82) is 0 Å². The van der Waals surface area contributed by atoms with Crippen molar-refractivity contribution in [2.75, 3.05) is 19.0 Å². The second-order valence-corrected chi connectivity index (χ2v) is 8.06. The predicted molar refractivity (Wildman–Crippen MR) is 97.5 cm³/mol. The van der Waals surface area contributed by atoms with Crippen molar-refractivity contribution in [2.24, 2.45) is 0 Å². The van der Waals surface area contributed by atoms with E-state index in [-0.39, 0.29) is 16.7 Å². The van der Waals surface area contributed by atoms with Crippen LogP contribution < -0.4 is 14.8 Å². The minimum atomic E-state index is -0.0713. The lowest BCUT2D eigenvalue weighted by Gasteiger charge is -2.20. The first kappa shape index (κ1) is 19.7. The SMILES string of the molecule is CCOc1ccc(C(C)NC(=O)CSC(C)(C)C)cc1OCC. The summed E-state index contributed by atoms with van der Waals surface area (Å²) >= 11 is 1.64. The molecule has 0 aliphatic rings. The molecule has 0 saturated heterocycles. The van der Waals surface area contributed by atoms with Crippen LogP contribution in [0.25, 0.3) is 0 Å². The molecule has 0 aromatic heterocycles. The zero-order chi connectivity index (χ0) is 17.5. The van der Waals surface area contributed by atoms with Crippen molar-refractivity contribution in [3.05, 3.63) is 23.8 Å². The zero-order valence-corrected chi connectivity index (χ0v) is 15.9. The molecule has 1 atom stereocenters. The van der Waals surface area contributed by atoms with E-state index in [9.17, 15) is 4.79 Å². The second-order valence-electron chi connectivity index (χ2n) is 6.26. The van der Waals surface area contributed by atoms with Crippen molar-refractivity contribution in [2.45, 2.75) is 52.3 Å². The Morgan fingerprint density at radius 1 is 1.17 bits per heavy atom. The van der Waals surface area contributed by atoms with Crippen LogP contribution in [-0.2, 0) is 4.79 Å². The van der Waals surface area contributed by atoms with Crippen LogP contribution in [0.5, 0.6) is 11.5 Å². The molecule has 0 bridgehead atoms. The molecule has 1 aromatic carbocycles. The Morgan fingerprint density at radius 2 is 1.78 bits per heavy atom. The summed E-state index contributed by atoms with van der Waals surface area (Å²) in [6.07, 6.45) is 0. The van der Waals surface area contributed by atoms with Gasteiger partial charge in [-0.25, -0.2) is 0 Å². The molecule has 1 unspecified atom stereocenters. The predicted octanol–water partition coefficient (Wildman–Crippen LogP) is 4.19. The first-order valence-electron chi connectivity index (χ1n) is 8.09. The highest BCUT2D eigenvalue weighted by atomic mass is 32.2. The van der Waals surface area contributed by atoms with Crippen LogP contribution in [0, 0.1) is 0 Å². The fraction of sp³-hybridized carbons (Fsp3) is 0.611. The van der Waals surface area contributed by atoms with Crippen LogP contribution in [0.15, 0.2) is 18.2 Å². The van der Waals surface area contributed by atoms with Gasteiger partial charge in [-0.05, 0) is 38.5 Å². The molecule has 0 spiro atoms. The maximum absolute atomic E-state index is 12.1. The van der Waals surface area contributed by atoms with Crippen LogP contribution in [0.1, 0.15) is 53.1 Å². The van der Waals surface area contributed by atoms with Gasteiger partial charge in [0.05, 0.1) is 25.0 Å². The number of benzene rings is 1. The number of rotatable bonds is 8. The monoisotopic (exact) mass is 339 g/mol. The minimum absolute atomic E-state index is 0.0456. The third kappa shape index (κ3) is 7.16. The molecule has 23 heavy (non-hydrogen) atoms. The molecule has 0 aliphatic heterocycles. The lowest BCUT2D eigenvalue weighted by Crippen LogP contribution is -2.29. The van der Waals surface area contributed by atoms with Gasteiger partial charge in [0, 0.05) is 4.75 Å². The largest absolute Gasteiger partial charge is 0.490 e. The average Bonchev–Trinajstić information content (AvgIpc) is 2.46. The van der Waals surface area contributed by atoms with Gasteiger partial charge in [-0.1, -0.05) is 26.8 Å². The molecule has 0 radical (unpaired) electrons. The Kier molecular flexibility index (Phi) is 7.76. The number of nitrogens with one attached hydrogen (secondary N) is 1. The second kappa shape index (κ2) is 9.06. The Morgan fingerprint density at radius 3 is 2.35 bits per heavy atom. The van der Waals surface area contributed by atoms with E-state index in [1.165, 1.54) is 0 Å². The minimum Gasteiger partial charge on any atom is -0.490 e. The van der Waals surface area contributed by atoms with Gasteiger partial charge in [0.1, 0.15) is 0 Å². The van der Waals surface area contributed by atoms with Gasteiger partial charge in [0.15, 0.2) is 11.5 Å². The van der Waals surface area contributed by atoms with E-state index in [4.69, 9.17) is 9.47 Å². The van der Waals surface area contributed by atoms with E-state index in [1.54, 1.807) is 11.8 Å². The molecular formula is C18H29NO3S. The van der Waals surface area contributed by atoms with Crippen LogP contribution >= 0.6 is 11.8 Å². The lowest BCUT2D eigenvalue weighted by atomic mass is 10.1. The van der Waals surface area contributed by atoms with E-state index in [0.29, 0.717) is 19.0 Å². The molecule has 1 N–H and O–H groups in total. The van der Waals surface area contributed by atoms with Crippen LogP contribution in [0.2, 0.25) is 0 Å². The third-order valence-electron chi connectivity index (χ3n) is 3.08. The van der Waals surface area contributed by atoms with E-state index < -0.39 is 0 Å². The van der Waals surface area contributed by atoms with Crippen LogP contribution in [0.4, 0.5) is 0 Å². The van der Waals surface area contributed by atoms with Crippen molar-refractivity contribution in [1.82, 2.24) is 5.32 Å².